The van der Waals surface area contributed by atoms with E-state index in [1.807, 2.05) is 0 Å². The van der Waals surface area contributed by atoms with Gasteiger partial charge in [0.1, 0.15) is 5.60 Å². The largest absolute Gasteiger partial charge is 0.548 e. The molecule has 0 unspecified atom stereocenters. The number of amides is 1. The van der Waals surface area contributed by atoms with Crippen LogP contribution in [0.25, 0.3) is 0 Å². The summed E-state index contributed by atoms with van der Waals surface area (Å²) >= 11 is 0. The average molecular weight is 258 g/mol. The quantitative estimate of drug-likeness (QED) is 0.708. The maximum atomic E-state index is 12.0. The van der Waals surface area contributed by atoms with Gasteiger partial charge in [-0.15, -0.1) is 0 Å². The third-order valence-electron chi connectivity index (χ3n) is 2.97. The van der Waals surface area contributed by atoms with E-state index < -0.39 is 29.3 Å². The smallest absolute Gasteiger partial charge is 0.411 e. The Morgan fingerprint density at radius 2 is 2.00 bits per heavy atom. The summed E-state index contributed by atoms with van der Waals surface area (Å²) in [5.74, 6) is -1.38. The molecule has 104 valence electrons. The Hall–Kier alpha value is -1.30. The molecular formula is C12H20NO5-. The predicted molar refractivity (Wildman–Crippen MR) is 61.6 cm³/mol. The fourth-order valence-electron chi connectivity index (χ4n) is 2.00. The molecule has 0 saturated carbocycles. The summed E-state index contributed by atoms with van der Waals surface area (Å²) in [7, 11) is 0. The molecule has 0 bridgehead atoms. The molecule has 0 aromatic carbocycles. The zero-order valence-corrected chi connectivity index (χ0v) is 11.2. The van der Waals surface area contributed by atoms with Gasteiger partial charge in [0.05, 0.1) is 17.6 Å². The number of carbonyl (C=O) groups excluding carboxylic acids is 2. The second-order valence-corrected chi connectivity index (χ2v) is 5.84. The normalized spacial score (nSPS) is 28.9. The highest BCUT2D eigenvalue weighted by Gasteiger charge is 2.43. The van der Waals surface area contributed by atoms with E-state index in [1.54, 1.807) is 20.8 Å². The second-order valence-electron chi connectivity index (χ2n) is 5.84. The third kappa shape index (κ3) is 3.13. The Morgan fingerprint density at radius 3 is 2.44 bits per heavy atom. The number of hydrogen-bond acceptors (Lipinski definition) is 5. The molecule has 18 heavy (non-hydrogen) atoms. The van der Waals surface area contributed by atoms with Crippen LogP contribution in [0.15, 0.2) is 0 Å². The fourth-order valence-corrected chi connectivity index (χ4v) is 2.00. The molecule has 6 nitrogen and oxygen atoms in total. The molecule has 1 rings (SSSR count). The van der Waals surface area contributed by atoms with E-state index in [4.69, 9.17) is 4.74 Å². The monoisotopic (exact) mass is 258 g/mol. The fraction of sp³-hybridized carbons (Fsp3) is 0.833. The highest BCUT2D eigenvalue weighted by atomic mass is 16.6. The number of nitrogens with zero attached hydrogens (tertiary/aromatic N) is 1. The van der Waals surface area contributed by atoms with Gasteiger partial charge in [-0.3, -0.25) is 4.90 Å². The lowest BCUT2D eigenvalue weighted by atomic mass is 9.87. The van der Waals surface area contributed by atoms with Crippen molar-refractivity contribution >= 4 is 12.1 Å². The van der Waals surface area contributed by atoms with Crippen molar-refractivity contribution in [3.8, 4) is 0 Å². The van der Waals surface area contributed by atoms with Crippen LogP contribution in [0.5, 0.6) is 0 Å². The van der Waals surface area contributed by atoms with Gasteiger partial charge < -0.3 is 19.7 Å². The van der Waals surface area contributed by atoms with Crippen LogP contribution in [0.1, 0.15) is 40.5 Å². The summed E-state index contributed by atoms with van der Waals surface area (Å²) in [5.41, 5.74) is -2.22. The minimum absolute atomic E-state index is 0.0470. The van der Waals surface area contributed by atoms with Crippen LogP contribution in [-0.2, 0) is 9.53 Å². The molecule has 0 radical (unpaired) electrons. The number of rotatable bonds is 1. The van der Waals surface area contributed by atoms with Gasteiger partial charge in [0.2, 0.25) is 0 Å². The minimum atomic E-state index is -1.53. The number of carboxylic acid groups (broad SMARTS) is 1. The van der Waals surface area contributed by atoms with E-state index in [0.717, 1.165) is 4.90 Å². The first kappa shape index (κ1) is 14.8. The number of ether oxygens (including phenoxy) is 1. The molecule has 0 aliphatic carbocycles. The van der Waals surface area contributed by atoms with E-state index in [-0.39, 0.29) is 13.0 Å². The van der Waals surface area contributed by atoms with Gasteiger partial charge in [-0.1, -0.05) is 0 Å². The Kier molecular flexibility index (Phi) is 3.90. The number of carboxylic acids is 1. The van der Waals surface area contributed by atoms with E-state index in [1.165, 1.54) is 6.92 Å². The van der Waals surface area contributed by atoms with Crippen molar-refractivity contribution in [1.29, 1.82) is 0 Å². The minimum Gasteiger partial charge on any atom is -0.548 e. The molecule has 2 atom stereocenters. The Morgan fingerprint density at radius 1 is 1.44 bits per heavy atom. The standard InChI is InChI=1S/C12H21NO5/c1-11(2,3)18-10(17)13-6-5-8(14)7-12(13,4)9(15)16/h8,14H,5-7H2,1-4H3,(H,15,16)/p-1/t8-,12-/m0/s1. The Labute approximate surface area is 107 Å². The van der Waals surface area contributed by atoms with E-state index >= 15 is 0 Å². The van der Waals surface area contributed by atoms with Crippen molar-refractivity contribution in [3.05, 3.63) is 0 Å². The van der Waals surface area contributed by atoms with E-state index in [2.05, 4.69) is 0 Å². The first-order valence-corrected chi connectivity index (χ1v) is 5.96. The summed E-state index contributed by atoms with van der Waals surface area (Å²) in [5, 5.41) is 20.8. The molecule has 0 aromatic heterocycles. The summed E-state index contributed by atoms with van der Waals surface area (Å²) < 4.78 is 5.17. The van der Waals surface area contributed by atoms with Gasteiger partial charge in [0.25, 0.3) is 0 Å². The molecule has 1 aliphatic rings. The van der Waals surface area contributed by atoms with Crippen LogP contribution in [0.3, 0.4) is 0 Å². The van der Waals surface area contributed by atoms with Gasteiger partial charge in [0.15, 0.2) is 0 Å². The number of likely N-dealkylation sites (tertiary alicyclic amines) is 1. The molecular weight excluding hydrogens is 238 g/mol. The zero-order chi connectivity index (χ0) is 14.1. The number of aliphatic hydroxyl groups is 1. The average Bonchev–Trinajstić information content (AvgIpc) is 2.13. The third-order valence-corrected chi connectivity index (χ3v) is 2.97. The van der Waals surface area contributed by atoms with Gasteiger partial charge in [-0.2, -0.15) is 0 Å². The van der Waals surface area contributed by atoms with Gasteiger partial charge >= 0.3 is 6.09 Å². The summed E-state index contributed by atoms with van der Waals surface area (Å²) in [4.78, 5) is 24.3. The first-order valence-electron chi connectivity index (χ1n) is 5.96. The van der Waals surface area contributed by atoms with Crippen molar-refractivity contribution in [2.24, 2.45) is 0 Å². The lowest BCUT2D eigenvalue weighted by Crippen LogP contribution is -2.64. The highest BCUT2D eigenvalue weighted by molar-refractivity contribution is 5.83. The van der Waals surface area contributed by atoms with Gasteiger partial charge in [-0.25, -0.2) is 4.79 Å². The Bertz CT molecular complexity index is 349. The van der Waals surface area contributed by atoms with Crippen molar-refractivity contribution < 1.29 is 24.5 Å². The molecule has 1 saturated heterocycles. The molecule has 1 fully saturated rings. The van der Waals surface area contributed by atoms with Crippen molar-refractivity contribution in [3.63, 3.8) is 0 Å². The van der Waals surface area contributed by atoms with Gasteiger partial charge in [0, 0.05) is 13.0 Å². The molecule has 1 aliphatic heterocycles. The predicted octanol–water partition coefficient (Wildman–Crippen LogP) is -0.113. The SMILES string of the molecule is CC(C)(C)OC(=O)N1CC[C@H](O)C[C@@]1(C)C(=O)[O-]. The van der Waals surface area contributed by atoms with Crippen molar-refractivity contribution in [1.82, 2.24) is 4.90 Å². The molecule has 6 heteroatoms. The van der Waals surface area contributed by atoms with Crippen LogP contribution in [0.2, 0.25) is 0 Å². The van der Waals surface area contributed by atoms with Crippen molar-refractivity contribution in [2.45, 2.75) is 57.8 Å². The maximum Gasteiger partial charge on any atom is 0.411 e. The van der Waals surface area contributed by atoms with E-state index in [9.17, 15) is 19.8 Å². The zero-order valence-electron chi connectivity index (χ0n) is 11.2. The summed E-state index contributed by atoms with van der Waals surface area (Å²) in [6.45, 7) is 6.63. The highest BCUT2D eigenvalue weighted by Crippen LogP contribution is 2.29. The number of carbonyl (C=O) groups is 2. The van der Waals surface area contributed by atoms with Crippen LogP contribution in [0, 0.1) is 0 Å². The molecule has 1 heterocycles. The maximum absolute atomic E-state index is 12.0. The van der Waals surface area contributed by atoms with Gasteiger partial charge in [-0.05, 0) is 34.1 Å². The second kappa shape index (κ2) is 4.76. The topological polar surface area (TPSA) is 89.9 Å². The molecule has 1 N–H and O–H groups in total. The van der Waals surface area contributed by atoms with Crippen LogP contribution in [0.4, 0.5) is 4.79 Å². The number of piperidine rings is 1. The molecule has 0 spiro atoms. The van der Waals surface area contributed by atoms with Crippen LogP contribution in [-0.4, -0.2) is 45.9 Å². The Balaban J connectivity index is 2.91. The lowest BCUT2D eigenvalue weighted by molar-refractivity contribution is -0.320. The number of hydrogen-bond donors (Lipinski definition) is 1. The number of aliphatic carboxylic acids is 1. The van der Waals surface area contributed by atoms with Crippen molar-refractivity contribution in [2.75, 3.05) is 6.54 Å². The summed E-state index contributed by atoms with van der Waals surface area (Å²) in [6.07, 6.45) is -1.15. The van der Waals surface area contributed by atoms with Crippen LogP contribution >= 0.6 is 0 Å². The lowest BCUT2D eigenvalue weighted by Gasteiger charge is -2.46. The van der Waals surface area contributed by atoms with E-state index in [0.29, 0.717) is 6.42 Å². The van der Waals surface area contributed by atoms with Crippen LogP contribution < -0.4 is 5.11 Å². The molecule has 1 amide bonds. The molecule has 0 aromatic rings. The number of aliphatic hydroxyl groups excluding tert-OH is 1. The summed E-state index contributed by atoms with van der Waals surface area (Å²) in [6, 6.07) is 0. The first-order chi connectivity index (χ1) is 8.06.